The van der Waals surface area contributed by atoms with Crippen molar-refractivity contribution in [3.63, 3.8) is 0 Å². The third-order valence-corrected chi connectivity index (χ3v) is 6.76. The highest BCUT2D eigenvalue weighted by Crippen LogP contribution is 2.33. The molecule has 1 aliphatic rings. The predicted molar refractivity (Wildman–Crippen MR) is 123 cm³/mol. The summed E-state index contributed by atoms with van der Waals surface area (Å²) in [6, 6.07) is 18.8. The van der Waals surface area contributed by atoms with Crippen LogP contribution in [0.25, 0.3) is 0 Å². The van der Waals surface area contributed by atoms with E-state index in [2.05, 4.69) is 4.72 Å². The molecule has 0 aliphatic carbocycles. The minimum absolute atomic E-state index is 0.0942. The van der Waals surface area contributed by atoms with Gasteiger partial charge in [0, 0.05) is 23.9 Å². The van der Waals surface area contributed by atoms with Crippen LogP contribution in [0.15, 0.2) is 71.6 Å². The number of nitrogens with zero attached hydrogens (tertiary/aromatic N) is 1. The van der Waals surface area contributed by atoms with Crippen LogP contribution in [0, 0.1) is 0 Å². The Bertz CT molecular complexity index is 1240. The number of hydrogen-bond donors (Lipinski definition) is 1. The van der Waals surface area contributed by atoms with Crippen molar-refractivity contribution in [1.29, 1.82) is 0 Å². The molecule has 4 rings (SSSR count). The molecular weight excluding hydrogens is 428 g/mol. The number of anilines is 2. The molecule has 7 nitrogen and oxygen atoms in total. The van der Waals surface area contributed by atoms with Crippen molar-refractivity contribution in [3.05, 3.63) is 77.9 Å². The summed E-state index contributed by atoms with van der Waals surface area (Å²) >= 11 is 0. The van der Waals surface area contributed by atoms with Crippen LogP contribution in [0.1, 0.15) is 22.3 Å². The van der Waals surface area contributed by atoms with Crippen LogP contribution < -0.4 is 19.1 Å². The smallest absolute Gasteiger partial charge is 0.262 e. The Balaban J connectivity index is 1.63. The second-order valence-corrected chi connectivity index (χ2v) is 9.07. The van der Waals surface area contributed by atoms with Crippen LogP contribution in [-0.2, 0) is 16.4 Å². The first-order valence-electron chi connectivity index (χ1n) is 10.2. The van der Waals surface area contributed by atoms with E-state index in [1.807, 2.05) is 18.2 Å². The molecule has 0 spiro atoms. The van der Waals surface area contributed by atoms with Gasteiger partial charge in [0.05, 0.1) is 24.8 Å². The van der Waals surface area contributed by atoms with E-state index in [-0.39, 0.29) is 10.8 Å². The minimum Gasteiger partial charge on any atom is -0.497 e. The van der Waals surface area contributed by atoms with Crippen molar-refractivity contribution < 1.29 is 22.7 Å². The summed E-state index contributed by atoms with van der Waals surface area (Å²) in [6.07, 6.45) is 1.46. The van der Waals surface area contributed by atoms with Crippen LogP contribution >= 0.6 is 0 Å². The van der Waals surface area contributed by atoms with Gasteiger partial charge in [0.1, 0.15) is 11.5 Å². The maximum Gasteiger partial charge on any atom is 0.262 e. The summed E-state index contributed by atoms with van der Waals surface area (Å²) in [7, 11) is -0.876. The van der Waals surface area contributed by atoms with Gasteiger partial charge in [-0.05, 0) is 60.9 Å². The predicted octanol–water partition coefficient (Wildman–Crippen LogP) is 4.10. The number of ether oxygens (including phenoxy) is 2. The number of fused-ring (bicyclic) bond motifs is 1. The van der Waals surface area contributed by atoms with Crippen molar-refractivity contribution >= 4 is 27.3 Å². The monoisotopic (exact) mass is 452 g/mol. The Kier molecular flexibility index (Phi) is 6.05. The van der Waals surface area contributed by atoms with Crippen molar-refractivity contribution in [2.24, 2.45) is 0 Å². The molecule has 1 N–H and O–H groups in total. The fraction of sp³-hybridized carbons (Fsp3) is 0.208. The highest BCUT2D eigenvalue weighted by Gasteiger charge is 2.26. The highest BCUT2D eigenvalue weighted by atomic mass is 32.2. The summed E-state index contributed by atoms with van der Waals surface area (Å²) in [5, 5.41) is 0. The lowest BCUT2D eigenvalue weighted by Crippen LogP contribution is -2.35. The van der Waals surface area contributed by atoms with E-state index in [0.29, 0.717) is 35.7 Å². The molecule has 0 radical (unpaired) electrons. The zero-order valence-corrected chi connectivity index (χ0v) is 18.7. The second-order valence-electron chi connectivity index (χ2n) is 7.39. The van der Waals surface area contributed by atoms with Gasteiger partial charge in [-0.1, -0.05) is 18.2 Å². The average Bonchev–Trinajstić information content (AvgIpc) is 2.83. The molecule has 0 aromatic heterocycles. The average molecular weight is 453 g/mol. The van der Waals surface area contributed by atoms with Gasteiger partial charge in [0.25, 0.3) is 15.9 Å². The van der Waals surface area contributed by atoms with E-state index in [1.54, 1.807) is 47.4 Å². The van der Waals surface area contributed by atoms with Gasteiger partial charge in [-0.3, -0.25) is 9.52 Å². The molecule has 1 amide bonds. The molecular formula is C24H24N2O5S. The van der Waals surface area contributed by atoms with E-state index in [4.69, 9.17) is 9.47 Å². The highest BCUT2D eigenvalue weighted by molar-refractivity contribution is 7.92. The molecule has 0 unspecified atom stereocenters. The van der Waals surface area contributed by atoms with Gasteiger partial charge in [0.15, 0.2) is 0 Å². The fourth-order valence-electron chi connectivity index (χ4n) is 3.77. The number of carbonyl (C=O) groups excluding carboxylic acids is 1. The lowest BCUT2D eigenvalue weighted by Gasteiger charge is -2.30. The number of carbonyl (C=O) groups is 1. The lowest BCUT2D eigenvalue weighted by molar-refractivity contribution is 0.0985. The molecule has 1 aliphatic heterocycles. The normalized spacial score (nSPS) is 13.2. The first-order chi connectivity index (χ1) is 15.4. The van der Waals surface area contributed by atoms with E-state index in [1.165, 1.54) is 20.3 Å². The number of benzene rings is 3. The second kappa shape index (κ2) is 8.92. The van der Waals surface area contributed by atoms with Crippen molar-refractivity contribution in [3.8, 4) is 11.5 Å². The van der Waals surface area contributed by atoms with Gasteiger partial charge in [-0.2, -0.15) is 0 Å². The Morgan fingerprint density at radius 1 is 0.969 bits per heavy atom. The zero-order chi connectivity index (χ0) is 22.7. The van der Waals surface area contributed by atoms with E-state index < -0.39 is 10.0 Å². The van der Waals surface area contributed by atoms with E-state index >= 15 is 0 Å². The molecule has 8 heteroatoms. The third kappa shape index (κ3) is 4.27. The molecule has 32 heavy (non-hydrogen) atoms. The molecule has 0 saturated heterocycles. The number of aryl methyl sites for hydroxylation is 1. The zero-order valence-electron chi connectivity index (χ0n) is 17.9. The van der Waals surface area contributed by atoms with E-state index in [0.717, 1.165) is 17.7 Å². The van der Waals surface area contributed by atoms with Gasteiger partial charge >= 0.3 is 0 Å². The van der Waals surface area contributed by atoms with Crippen molar-refractivity contribution in [1.82, 2.24) is 0 Å². The maximum atomic E-state index is 13.1. The third-order valence-electron chi connectivity index (χ3n) is 5.40. The summed E-state index contributed by atoms with van der Waals surface area (Å²) in [5.74, 6) is 0.815. The molecule has 0 bridgehead atoms. The molecule has 1 heterocycles. The number of amides is 1. The summed E-state index contributed by atoms with van der Waals surface area (Å²) in [5.41, 5.74) is 2.48. The van der Waals surface area contributed by atoms with Crippen LogP contribution in [0.4, 0.5) is 11.4 Å². The fourth-order valence-corrected chi connectivity index (χ4v) is 4.90. The molecule has 0 fully saturated rings. The van der Waals surface area contributed by atoms with Crippen LogP contribution in [-0.4, -0.2) is 35.1 Å². The summed E-state index contributed by atoms with van der Waals surface area (Å²) < 4.78 is 39.2. The quantitative estimate of drug-likeness (QED) is 0.609. The van der Waals surface area contributed by atoms with Crippen molar-refractivity contribution in [2.75, 3.05) is 30.4 Å². The van der Waals surface area contributed by atoms with Crippen LogP contribution in [0.2, 0.25) is 0 Å². The Morgan fingerprint density at radius 2 is 1.75 bits per heavy atom. The van der Waals surface area contributed by atoms with E-state index in [9.17, 15) is 13.2 Å². The van der Waals surface area contributed by atoms with Crippen LogP contribution in [0.5, 0.6) is 11.5 Å². The first-order valence-corrected chi connectivity index (χ1v) is 11.7. The topological polar surface area (TPSA) is 84.9 Å². The Morgan fingerprint density at radius 3 is 2.47 bits per heavy atom. The van der Waals surface area contributed by atoms with Crippen molar-refractivity contribution in [2.45, 2.75) is 17.7 Å². The minimum atomic E-state index is -3.86. The molecule has 3 aromatic carbocycles. The molecule has 0 atom stereocenters. The summed E-state index contributed by atoms with van der Waals surface area (Å²) in [4.78, 5) is 14.8. The standard InChI is InChI=1S/C24H24N2O5S/c1-30-19-10-12-21(23(16-19)31-2)25-32(28,29)20-11-13-22-18(15-20)9-6-14-26(22)24(27)17-7-4-3-5-8-17/h3-5,7-8,10-13,15-16,25H,6,9,14H2,1-2H3. The summed E-state index contributed by atoms with van der Waals surface area (Å²) in [6.45, 7) is 0.591. The largest absolute Gasteiger partial charge is 0.497 e. The van der Waals surface area contributed by atoms with Crippen LogP contribution in [0.3, 0.4) is 0 Å². The number of methoxy groups -OCH3 is 2. The Labute approximate surface area is 187 Å². The maximum absolute atomic E-state index is 13.1. The first kappa shape index (κ1) is 21.7. The number of hydrogen-bond acceptors (Lipinski definition) is 5. The molecule has 0 saturated carbocycles. The number of sulfonamides is 1. The Hall–Kier alpha value is -3.52. The van der Waals surface area contributed by atoms with Gasteiger partial charge < -0.3 is 14.4 Å². The SMILES string of the molecule is COc1ccc(NS(=O)(=O)c2ccc3c(c2)CCCN3C(=O)c2ccccc2)c(OC)c1. The lowest BCUT2D eigenvalue weighted by atomic mass is 10.0. The van der Waals surface area contributed by atoms with Gasteiger partial charge in [-0.15, -0.1) is 0 Å². The number of nitrogens with one attached hydrogen (secondary N) is 1. The van der Waals surface area contributed by atoms with Gasteiger partial charge in [0.2, 0.25) is 0 Å². The molecule has 166 valence electrons. The number of rotatable bonds is 6. The molecule has 3 aromatic rings. The van der Waals surface area contributed by atoms with Gasteiger partial charge in [-0.25, -0.2) is 8.42 Å².